The van der Waals surface area contributed by atoms with Gasteiger partial charge in [0.1, 0.15) is 6.42 Å². The molecule has 18 heavy (non-hydrogen) atoms. The Morgan fingerprint density at radius 3 is 2.17 bits per heavy atom. The van der Waals surface area contributed by atoms with Crippen molar-refractivity contribution in [2.75, 3.05) is 0 Å². The number of amides is 1. The minimum absolute atomic E-state index is 0.0351. The number of carbonyl (C=O) groups is 2. The topological polar surface area (TPSA) is 57.6 Å². The number of aliphatic carboxylic acids is 1. The van der Waals surface area contributed by atoms with Gasteiger partial charge in [0.05, 0.1) is 6.04 Å². The molecule has 0 unspecified atom stereocenters. The highest BCUT2D eigenvalue weighted by Gasteiger charge is 2.25. The summed E-state index contributed by atoms with van der Waals surface area (Å²) in [6, 6.07) is 9.44. The molecule has 0 aliphatic rings. The van der Waals surface area contributed by atoms with Crippen molar-refractivity contribution in [2.45, 2.75) is 39.3 Å². The molecule has 0 saturated carbocycles. The quantitative estimate of drug-likeness (QED) is 0.815. The van der Waals surface area contributed by atoms with E-state index in [9.17, 15) is 9.59 Å². The van der Waals surface area contributed by atoms with E-state index in [-0.39, 0.29) is 18.0 Å². The number of nitrogens with zero attached hydrogens (tertiary/aromatic N) is 1. The van der Waals surface area contributed by atoms with Gasteiger partial charge < -0.3 is 10.0 Å². The van der Waals surface area contributed by atoms with E-state index < -0.39 is 12.4 Å². The van der Waals surface area contributed by atoms with E-state index in [1.807, 2.05) is 51.1 Å². The summed E-state index contributed by atoms with van der Waals surface area (Å²) in [5.41, 5.74) is 1.00. The van der Waals surface area contributed by atoms with E-state index in [4.69, 9.17) is 5.11 Å². The Kier molecular flexibility index (Phi) is 4.89. The molecule has 1 N–H and O–H groups in total. The normalized spacial score (nSPS) is 12.2. The fourth-order valence-electron chi connectivity index (χ4n) is 2.06. The smallest absolute Gasteiger partial charge is 0.312 e. The third-order valence-corrected chi connectivity index (χ3v) is 2.85. The summed E-state index contributed by atoms with van der Waals surface area (Å²) in [4.78, 5) is 24.2. The molecule has 0 bridgehead atoms. The number of hydrogen-bond donors (Lipinski definition) is 1. The molecule has 98 valence electrons. The fraction of sp³-hybridized carbons (Fsp3) is 0.429. The van der Waals surface area contributed by atoms with Crippen molar-refractivity contribution in [2.24, 2.45) is 0 Å². The zero-order valence-corrected chi connectivity index (χ0v) is 11.0. The molecule has 1 aromatic carbocycles. The van der Waals surface area contributed by atoms with Crippen molar-refractivity contribution in [3.05, 3.63) is 35.9 Å². The van der Waals surface area contributed by atoms with E-state index in [2.05, 4.69) is 0 Å². The van der Waals surface area contributed by atoms with Crippen LogP contribution >= 0.6 is 0 Å². The molecule has 1 rings (SSSR count). The lowest BCUT2D eigenvalue weighted by Crippen LogP contribution is -2.39. The summed E-state index contributed by atoms with van der Waals surface area (Å²) in [5, 5.41) is 8.72. The molecule has 0 aromatic heterocycles. The van der Waals surface area contributed by atoms with Crippen LogP contribution in [0.25, 0.3) is 0 Å². The van der Waals surface area contributed by atoms with Crippen LogP contribution in [0.15, 0.2) is 30.3 Å². The van der Waals surface area contributed by atoms with Gasteiger partial charge in [0.15, 0.2) is 0 Å². The van der Waals surface area contributed by atoms with Gasteiger partial charge in [0.2, 0.25) is 5.91 Å². The van der Waals surface area contributed by atoms with Crippen LogP contribution in [0.2, 0.25) is 0 Å². The van der Waals surface area contributed by atoms with Gasteiger partial charge in [-0.25, -0.2) is 0 Å². The number of carbonyl (C=O) groups excluding carboxylic acids is 1. The highest BCUT2D eigenvalue weighted by Crippen LogP contribution is 2.23. The first-order valence-electron chi connectivity index (χ1n) is 6.01. The molecule has 0 spiro atoms. The van der Waals surface area contributed by atoms with Gasteiger partial charge in [-0.3, -0.25) is 9.59 Å². The van der Waals surface area contributed by atoms with Crippen molar-refractivity contribution in [1.29, 1.82) is 0 Å². The molecule has 0 radical (unpaired) electrons. The standard InChI is InChI=1S/C14H19NO3/c1-10(2)15(13(16)9-14(17)18)11(3)12-7-5-4-6-8-12/h4-8,10-11H,9H2,1-3H3,(H,17,18)/t11-/m0/s1. The van der Waals surface area contributed by atoms with E-state index in [0.29, 0.717) is 0 Å². The molecule has 4 nitrogen and oxygen atoms in total. The largest absolute Gasteiger partial charge is 0.481 e. The van der Waals surface area contributed by atoms with E-state index in [0.717, 1.165) is 5.56 Å². The first-order chi connectivity index (χ1) is 8.43. The van der Waals surface area contributed by atoms with Gasteiger partial charge in [0.25, 0.3) is 0 Å². The summed E-state index contributed by atoms with van der Waals surface area (Å²) in [6.07, 6.45) is -0.463. The molecule has 0 aliphatic carbocycles. The van der Waals surface area contributed by atoms with Gasteiger partial charge in [0, 0.05) is 6.04 Å². The molecule has 1 atom stereocenters. The summed E-state index contributed by atoms with van der Waals surface area (Å²) >= 11 is 0. The molecule has 0 aliphatic heterocycles. The zero-order valence-electron chi connectivity index (χ0n) is 11.0. The zero-order chi connectivity index (χ0) is 13.7. The minimum Gasteiger partial charge on any atom is -0.481 e. The fourth-order valence-corrected chi connectivity index (χ4v) is 2.06. The Balaban J connectivity index is 2.92. The lowest BCUT2D eigenvalue weighted by atomic mass is 10.0. The maximum absolute atomic E-state index is 12.0. The Hall–Kier alpha value is -1.84. The van der Waals surface area contributed by atoms with E-state index >= 15 is 0 Å². The first kappa shape index (κ1) is 14.2. The highest BCUT2D eigenvalue weighted by molar-refractivity contribution is 5.93. The Bertz CT molecular complexity index is 414. The SMILES string of the molecule is CC(C)N(C(=O)CC(=O)O)[C@@H](C)c1ccccc1. The number of rotatable bonds is 5. The van der Waals surface area contributed by atoms with Gasteiger partial charge in [-0.15, -0.1) is 0 Å². The lowest BCUT2D eigenvalue weighted by Gasteiger charge is -2.33. The van der Waals surface area contributed by atoms with Crippen molar-refractivity contribution >= 4 is 11.9 Å². The molecular weight excluding hydrogens is 230 g/mol. The molecular formula is C14H19NO3. The number of carboxylic acids is 1. The van der Waals surface area contributed by atoms with Crippen LogP contribution < -0.4 is 0 Å². The summed E-state index contributed by atoms with van der Waals surface area (Å²) in [5.74, 6) is -1.44. The van der Waals surface area contributed by atoms with Crippen LogP contribution in [-0.2, 0) is 9.59 Å². The Labute approximate surface area is 107 Å². The maximum atomic E-state index is 12.0. The minimum atomic E-state index is -1.09. The molecule has 0 heterocycles. The maximum Gasteiger partial charge on any atom is 0.312 e. The molecule has 0 saturated heterocycles. The lowest BCUT2D eigenvalue weighted by molar-refractivity contribution is -0.146. The second kappa shape index (κ2) is 6.19. The second-order valence-corrected chi connectivity index (χ2v) is 4.55. The molecule has 1 aromatic rings. The first-order valence-corrected chi connectivity index (χ1v) is 6.01. The summed E-state index contributed by atoms with van der Waals surface area (Å²) in [6.45, 7) is 5.69. The van der Waals surface area contributed by atoms with Gasteiger partial charge in [-0.2, -0.15) is 0 Å². The van der Waals surface area contributed by atoms with Crippen molar-refractivity contribution in [3.63, 3.8) is 0 Å². The molecule has 0 fully saturated rings. The van der Waals surface area contributed by atoms with Crippen LogP contribution in [-0.4, -0.2) is 27.9 Å². The number of carboxylic acid groups (broad SMARTS) is 1. The van der Waals surface area contributed by atoms with Crippen LogP contribution in [0, 0.1) is 0 Å². The van der Waals surface area contributed by atoms with Crippen molar-refractivity contribution < 1.29 is 14.7 Å². The Morgan fingerprint density at radius 1 is 1.17 bits per heavy atom. The van der Waals surface area contributed by atoms with E-state index in [1.165, 1.54) is 0 Å². The summed E-state index contributed by atoms with van der Waals surface area (Å²) < 4.78 is 0. The number of benzene rings is 1. The monoisotopic (exact) mass is 249 g/mol. The summed E-state index contributed by atoms with van der Waals surface area (Å²) in [7, 11) is 0. The van der Waals surface area contributed by atoms with Crippen molar-refractivity contribution in [1.82, 2.24) is 4.90 Å². The second-order valence-electron chi connectivity index (χ2n) is 4.55. The molecule has 1 amide bonds. The number of hydrogen-bond acceptors (Lipinski definition) is 2. The van der Waals surface area contributed by atoms with Crippen LogP contribution in [0.5, 0.6) is 0 Å². The third kappa shape index (κ3) is 3.58. The van der Waals surface area contributed by atoms with Gasteiger partial charge in [-0.1, -0.05) is 30.3 Å². The Morgan fingerprint density at radius 2 is 1.72 bits per heavy atom. The van der Waals surface area contributed by atoms with Crippen LogP contribution in [0.1, 0.15) is 38.8 Å². The van der Waals surface area contributed by atoms with Crippen molar-refractivity contribution in [3.8, 4) is 0 Å². The predicted molar refractivity (Wildman–Crippen MR) is 69.1 cm³/mol. The molecule has 4 heteroatoms. The highest BCUT2D eigenvalue weighted by atomic mass is 16.4. The predicted octanol–water partition coefficient (Wildman–Crippen LogP) is 2.46. The third-order valence-electron chi connectivity index (χ3n) is 2.85. The van der Waals surface area contributed by atoms with Crippen LogP contribution in [0.3, 0.4) is 0 Å². The average Bonchev–Trinajstić information content (AvgIpc) is 2.28. The van der Waals surface area contributed by atoms with Gasteiger partial charge in [-0.05, 0) is 26.3 Å². The average molecular weight is 249 g/mol. The van der Waals surface area contributed by atoms with Crippen LogP contribution in [0.4, 0.5) is 0 Å². The van der Waals surface area contributed by atoms with E-state index in [1.54, 1.807) is 4.90 Å². The van der Waals surface area contributed by atoms with Gasteiger partial charge >= 0.3 is 5.97 Å².